The summed E-state index contributed by atoms with van der Waals surface area (Å²) in [6.07, 6.45) is 3.42. The number of halogens is 1. The number of carbonyl (C=O) groups excluding carboxylic acids is 2. The van der Waals surface area contributed by atoms with Crippen molar-refractivity contribution >= 4 is 34.3 Å². The van der Waals surface area contributed by atoms with Crippen LogP contribution in [-0.4, -0.2) is 41.3 Å². The van der Waals surface area contributed by atoms with Gasteiger partial charge >= 0.3 is 0 Å². The van der Waals surface area contributed by atoms with E-state index in [2.05, 4.69) is 16.4 Å². The zero-order valence-electron chi connectivity index (χ0n) is 17.0. The predicted octanol–water partition coefficient (Wildman–Crippen LogP) is 4.33. The van der Waals surface area contributed by atoms with Gasteiger partial charge in [0, 0.05) is 60.5 Å². The number of nitrogens with one attached hydrogen (secondary N) is 2. The molecular weight excluding hydrogens is 398 g/mol. The van der Waals surface area contributed by atoms with Crippen molar-refractivity contribution in [2.24, 2.45) is 5.92 Å². The summed E-state index contributed by atoms with van der Waals surface area (Å²) in [5.41, 5.74) is 3.17. The Balaban J connectivity index is 1.54. The predicted molar refractivity (Wildman–Crippen MR) is 120 cm³/mol. The number of fused-ring (bicyclic) bond motifs is 1. The van der Waals surface area contributed by atoms with Gasteiger partial charge in [0.2, 0.25) is 11.8 Å². The largest absolute Gasteiger partial charge is 0.361 e. The van der Waals surface area contributed by atoms with Gasteiger partial charge in [0.25, 0.3) is 0 Å². The van der Waals surface area contributed by atoms with Crippen LogP contribution in [0.4, 0.5) is 0 Å². The highest BCUT2D eigenvalue weighted by Crippen LogP contribution is 2.34. The minimum Gasteiger partial charge on any atom is -0.361 e. The molecule has 5 nitrogen and oxygen atoms in total. The van der Waals surface area contributed by atoms with Gasteiger partial charge in [-0.3, -0.25) is 9.59 Å². The summed E-state index contributed by atoms with van der Waals surface area (Å²) in [4.78, 5) is 29.5. The number of hydrogen-bond donors (Lipinski definition) is 2. The molecule has 2 heterocycles. The van der Waals surface area contributed by atoms with Crippen LogP contribution < -0.4 is 5.32 Å². The zero-order valence-corrected chi connectivity index (χ0v) is 17.8. The van der Waals surface area contributed by atoms with E-state index in [1.165, 1.54) is 0 Å². The number of aromatic nitrogens is 1. The second-order valence-electron chi connectivity index (χ2n) is 7.89. The number of para-hydroxylation sites is 1. The van der Waals surface area contributed by atoms with Crippen LogP contribution in [0.25, 0.3) is 10.9 Å². The van der Waals surface area contributed by atoms with Crippen LogP contribution in [0.3, 0.4) is 0 Å². The molecule has 0 spiro atoms. The fraction of sp³-hybridized carbons (Fsp3) is 0.333. The summed E-state index contributed by atoms with van der Waals surface area (Å²) >= 11 is 6.54. The van der Waals surface area contributed by atoms with E-state index < -0.39 is 0 Å². The third-order valence-electron chi connectivity index (χ3n) is 6.07. The second kappa shape index (κ2) is 8.92. The second-order valence-corrected chi connectivity index (χ2v) is 8.30. The summed E-state index contributed by atoms with van der Waals surface area (Å²) < 4.78 is 0. The summed E-state index contributed by atoms with van der Waals surface area (Å²) in [6.45, 7) is 3.33. The molecule has 2 amide bonds. The van der Waals surface area contributed by atoms with Crippen LogP contribution in [0.15, 0.2) is 54.7 Å². The lowest BCUT2D eigenvalue weighted by molar-refractivity contribution is -0.133. The first kappa shape index (κ1) is 20.5. The van der Waals surface area contributed by atoms with Crippen molar-refractivity contribution in [2.45, 2.75) is 25.7 Å². The SMILES string of the molecule is CC(=O)N1CCC(C(=O)NCC(c2ccccc2Cl)c2c[nH]c3ccccc23)CC1. The summed E-state index contributed by atoms with van der Waals surface area (Å²) in [7, 11) is 0. The van der Waals surface area contributed by atoms with Crippen molar-refractivity contribution in [1.29, 1.82) is 0 Å². The maximum atomic E-state index is 12.9. The number of amides is 2. The number of nitrogens with zero attached hydrogens (tertiary/aromatic N) is 1. The fourth-order valence-electron chi connectivity index (χ4n) is 4.33. The van der Waals surface area contributed by atoms with Gasteiger partial charge in [0.05, 0.1) is 0 Å². The van der Waals surface area contributed by atoms with Crippen molar-refractivity contribution in [3.8, 4) is 0 Å². The Labute approximate surface area is 181 Å². The quantitative estimate of drug-likeness (QED) is 0.641. The molecule has 156 valence electrons. The van der Waals surface area contributed by atoms with Gasteiger partial charge in [-0.05, 0) is 36.1 Å². The van der Waals surface area contributed by atoms with Gasteiger partial charge in [-0.1, -0.05) is 48.0 Å². The molecule has 6 heteroatoms. The topological polar surface area (TPSA) is 65.2 Å². The average molecular weight is 424 g/mol. The number of carbonyl (C=O) groups is 2. The molecular formula is C24H26ClN3O2. The molecule has 1 fully saturated rings. The van der Waals surface area contributed by atoms with E-state index in [0.29, 0.717) is 37.5 Å². The monoisotopic (exact) mass is 423 g/mol. The van der Waals surface area contributed by atoms with Crippen LogP contribution in [0.1, 0.15) is 36.8 Å². The number of aromatic amines is 1. The van der Waals surface area contributed by atoms with Crippen LogP contribution in [0.2, 0.25) is 5.02 Å². The highest BCUT2D eigenvalue weighted by molar-refractivity contribution is 6.31. The van der Waals surface area contributed by atoms with Crippen LogP contribution in [-0.2, 0) is 9.59 Å². The highest BCUT2D eigenvalue weighted by Gasteiger charge is 2.27. The summed E-state index contributed by atoms with van der Waals surface area (Å²) in [5.74, 6) is 0.00801. The van der Waals surface area contributed by atoms with E-state index >= 15 is 0 Å². The number of piperidine rings is 1. The molecule has 1 saturated heterocycles. The van der Waals surface area contributed by atoms with Crippen LogP contribution >= 0.6 is 11.6 Å². The van der Waals surface area contributed by atoms with Gasteiger partial charge in [0.15, 0.2) is 0 Å². The van der Waals surface area contributed by atoms with Crippen molar-refractivity contribution in [3.63, 3.8) is 0 Å². The first-order valence-corrected chi connectivity index (χ1v) is 10.8. The Morgan fingerprint density at radius 2 is 1.80 bits per heavy atom. The first-order chi connectivity index (χ1) is 14.5. The molecule has 0 radical (unpaired) electrons. The highest BCUT2D eigenvalue weighted by atomic mass is 35.5. The Bertz CT molecular complexity index is 1050. The Morgan fingerprint density at radius 1 is 1.10 bits per heavy atom. The third-order valence-corrected chi connectivity index (χ3v) is 6.41. The molecule has 1 aliphatic rings. The van der Waals surface area contributed by atoms with E-state index in [-0.39, 0.29) is 23.7 Å². The number of rotatable bonds is 5. The number of likely N-dealkylation sites (tertiary alicyclic amines) is 1. The Morgan fingerprint density at radius 3 is 2.53 bits per heavy atom. The molecule has 0 aliphatic carbocycles. The number of benzene rings is 2. The van der Waals surface area contributed by atoms with Crippen molar-refractivity contribution in [1.82, 2.24) is 15.2 Å². The summed E-state index contributed by atoms with van der Waals surface area (Å²) in [6, 6.07) is 16.0. The van der Waals surface area contributed by atoms with Crippen molar-refractivity contribution in [2.75, 3.05) is 19.6 Å². The van der Waals surface area contributed by atoms with E-state index in [9.17, 15) is 9.59 Å². The molecule has 0 saturated carbocycles. The lowest BCUT2D eigenvalue weighted by Crippen LogP contribution is -2.43. The third kappa shape index (κ3) is 4.21. The standard InChI is InChI=1S/C24H26ClN3O2/c1-16(29)28-12-10-17(11-13-28)24(30)27-15-20(18-6-2-4-8-22(18)25)21-14-26-23-9-5-3-7-19(21)23/h2-9,14,17,20,26H,10-13,15H2,1H3,(H,27,30). The Kier molecular flexibility index (Phi) is 6.09. The molecule has 1 aromatic heterocycles. The molecule has 1 aliphatic heterocycles. The van der Waals surface area contributed by atoms with Gasteiger partial charge in [0.1, 0.15) is 0 Å². The molecule has 2 N–H and O–H groups in total. The van der Waals surface area contributed by atoms with E-state index in [1.807, 2.05) is 53.6 Å². The van der Waals surface area contributed by atoms with Gasteiger partial charge in [-0.2, -0.15) is 0 Å². The molecule has 30 heavy (non-hydrogen) atoms. The van der Waals surface area contributed by atoms with Gasteiger partial charge in [-0.25, -0.2) is 0 Å². The first-order valence-electron chi connectivity index (χ1n) is 10.4. The lowest BCUT2D eigenvalue weighted by atomic mass is 9.90. The van der Waals surface area contributed by atoms with E-state index in [1.54, 1.807) is 6.92 Å². The zero-order chi connectivity index (χ0) is 21.1. The normalized spacial score (nSPS) is 15.9. The lowest BCUT2D eigenvalue weighted by Gasteiger charge is -2.31. The maximum Gasteiger partial charge on any atom is 0.223 e. The van der Waals surface area contributed by atoms with Gasteiger partial charge < -0.3 is 15.2 Å². The van der Waals surface area contributed by atoms with Crippen molar-refractivity contribution in [3.05, 3.63) is 70.9 Å². The average Bonchev–Trinajstić information content (AvgIpc) is 3.19. The molecule has 1 atom stereocenters. The maximum absolute atomic E-state index is 12.9. The molecule has 4 rings (SSSR count). The van der Waals surface area contributed by atoms with E-state index in [4.69, 9.17) is 11.6 Å². The smallest absolute Gasteiger partial charge is 0.223 e. The number of H-pyrrole nitrogens is 1. The number of hydrogen-bond acceptors (Lipinski definition) is 2. The minimum atomic E-state index is -0.0598. The minimum absolute atomic E-state index is 0.0510. The molecule has 1 unspecified atom stereocenters. The molecule has 2 aromatic carbocycles. The molecule has 0 bridgehead atoms. The van der Waals surface area contributed by atoms with E-state index in [0.717, 1.165) is 22.0 Å². The van der Waals surface area contributed by atoms with Crippen molar-refractivity contribution < 1.29 is 9.59 Å². The Hall–Kier alpha value is -2.79. The molecule has 3 aromatic rings. The van der Waals surface area contributed by atoms with Gasteiger partial charge in [-0.15, -0.1) is 0 Å². The summed E-state index contributed by atoms with van der Waals surface area (Å²) in [5, 5.41) is 4.98. The fourth-order valence-corrected chi connectivity index (χ4v) is 4.60. The van der Waals surface area contributed by atoms with Crippen LogP contribution in [0.5, 0.6) is 0 Å². The van der Waals surface area contributed by atoms with Crippen LogP contribution in [0, 0.1) is 5.92 Å².